The zero-order valence-electron chi connectivity index (χ0n) is 8.80. The maximum absolute atomic E-state index is 9.10. The second-order valence-electron chi connectivity index (χ2n) is 4.62. The van der Waals surface area contributed by atoms with Gasteiger partial charge in [0.25, 0.3) is 0 Å². The Balaban J connectivity index is 2.03. The number of hydrogen-bond donors (Lipinski definition) is 1. The van der Waals surface area contributed by atoms with E-state index in [2.05, 4.69) is 14.7 Å². The van der Waals surface area contributed by atoms with Gasteiger partial charge in [0.05, 0.1) is 11.8 Å². The highest BCUT2D eigenvalue weighted by Gasteiger charge is 2.46. The van der Waals surface area contributed by atoms with Gasteiger partial charge in [-0.1, -0.05) is 5.16 Å². The zero-order chi connectivity index (χ0) is 10.4. The highest BCUT2D eigenvalue weighted by molar-refractivity contribution is 5.93. The molecule has 4 heteroatoms. The van der Waals surface area contributed by atoms with E-state index in [0.29, 0.717) is 11.8 Å². The summed E-state index contributed by atoms with van der Waals surface area (Å²) in [6.07, 6.45) is 7.43. The van der Waals surface area contributed by atoms with Crippen LogP contribution in [0.15, 0.2) is 17.5 Å². The van der Waals surface area contributed by atoms with Crippen molar-refractivity contribution in [1.29, 1.82) is 0 Å². The van der Waals surface area contributed by atoms with Gasteiger partial charge in [-0.15, -0.1) is 0 Å². The number of aromatic nitrogens is 2. The second kappa shape index (κ2) is 3.08. The van der Waals surface area contributed by atoms with Crippen LogP contribution in [-0.4, -0.2) is 20.5 Å². The molecule has 15 heavy (non-hydrogen) atoms. The average Bonchev–Trinajstić information content (AvgIpc) is 2.90. The molecule has 2 fully saturated rings. The van der Waals surface area contributed by atoms with Gasteiger partial charge >= 0.3 is 0 Å². The van der Waals surface area contributed by atoms with E-state index in [9.17, 15) is 0 Å². The number of imidazole rings is 1. The molecule has 0 saturated heterocycles. The first kappa shape index (κ1) is 8.95. The van der Waals surface area contributed by atoms with Gasteiger partial charge in [-0.25, -0.2) is 4.98 Å². The topological polar surface area (TPSA) is 50.4 Å². The van der Waals surface area contributed by atoms with Crippen LogP contribution in [0.2, 0.25) is 0 Å². The summed E-state index contributed by atoms with van der Waals surface area (Å²) in [5, 5.41) is 12.6. The first-order valence-electron chi connectivity index (χ1n) is 5.52. The summed E-state index contributed by atoms with van der Waals surface area (Å²) in [6.45, 7) is 2.00. The predicted octanol–water partition coefficient (Wildman–Crippen LogP) is 1.99. The third-order valence-corrected chi connectivity index (χ3v) is 3.92. The van der Waals surface area contributed by atoms with Crippen molar-refractivity contribution >= 4 is 5.71 Å². The molecule has 1 aromatic rings. The lowest BCUT2D eigenvalue weighted by atomic mass is 9.93. The minimum Gasteiger partial charge on any atom is -0.411 e. The van der Waals surface area contributed by atoms with E-state index >= 15 is 0 Å². The molecule has 0 spiro atoms. The number of nitrogens with zero attached hydrogens (tertiary/aromatic N) is 3. The van der Waals surface area contributed by atoms with Gasteiger partial charge in [-0.05, 0) is 32.1 Å². The lowest BCUT2D eigenvalue weighted by Gasteiger charge is -2.24. The molecule has 2 aliphatic rings. The van der Waals surface area contributed by atoms with Crippen LogP contribution < -0.4 is 0 Å². The molecule has 1 N–H and O–H groups in total. The molecule has 4 nitrogen and oxygen atoms in total. The average molecular weight is 205 g/mol. The molecule has 0 radical (unpaired) electrons. The Bertz CT molecular complexity index is 410. The molecular formula is C11H15N3O. The molecule has 3 rings (SSSR count). The normalized spacial score (nSPS) is 36.6. The minimum atomic E-state index is 0.260. The third-order valence-electron chi connectivity index (χ3n) is 3.92. The summed E-state index contributed by atoms with van der Waals surface area (Å²) in [7, 11) is 0. The smallest absolute Gasteiger partial charge is 0.106 e. The van der Waals surface area contributed by atoms with Gasteiger partial charge < -0.3 is 9.77 Å². The monoisotopic (exact) mass is 205 g/mol. The maximum Gasteiger partial charge on any atom is 0.106 e. The van der Waals surface area contributed by atoms with E-state index in [4.69, 9.17) is 5.21 Å². The van der Waals surface area contributed by atoms with Crippen LogP contribution in [-0.2, 0) is 0 Å². The van der Waals surface area contributed by atoms with Crippen molar-refractivity contribution in [3.8, 4) is 0 Å². The number of aryl methyl sites for hydroxylation is 1. The van der Waals surface area contributed by atoms with Crippen LogP contribution in [0, 0.1) is 18.8 Å². The first-order valence-corrected chi connectivity index (χ1v) is 5.52. The lowest BCUT2D eigenvalue weighted by molar-refractivity contribution is 0.306. The summed E-state index contributed by atoms with van der Waals surface area (Å²) >= 11 is 0. The first-order chi connectivity index (χ1) is 7.31. The summed E-state index contributed by atoms with van der Waals surface area (Å²) in [5.41, 5.74) is 0.965. The Hall–Kier alpha value is -1.32. The molecule has 2 bridgehead atoms. The Morgan fingerprint density at radius 1 is 1.53 bits per heavy atom. The molecular weight excluding hydrogens is 190 g/mol. The van der Waals surface area contributed by atoms with Gasteiger partial charge in [-0.2, -0.15) is 0 Å². The summed E-state index contributed by atoms with van der Waals surface area (Å²) in [6, 6.07) is 0.260. The molecule has 80 valence electrons. The fourth-order valence-corrected chi connectivity index (χ4v) is 3.25. The van der Waals surface area contributed by atoms with Crippen molar-refractivity contribution in [1.82, 2.24) is 9.55 Å². The Morgan fingerprint density at radius 3 is 3.07 bits per heavy atom. The molecule has 1 heterocycles. The fraction of sp³-hybridized carbons (Fsp3) is 0.636. The highest BCUT2D eigenvalue weighted by atomic mass is 16.4. The van der Waals surface area contributed by atoms with Gasteiger partial charge in [0.2, 0.25) is 0 Å². The molecule has 2 aliphatic carbocycles. The van der Waals surface area contributed by atoms with E-state index in [1.807, 2.05) is 19.3 Å². The second-order valence-corrected chi connectivity index (χ2v) is 4.62. The van der Waals surface area contributed by atoms with E-state index in [0.717, 1.165) is 11.5 Å². The standard InChI is InChI=1S/C11H15N3O/c1-7-12-4-5-14(7)11-9-3-2-8(6-9)10(11)13-15/h4-5,8-9,11,15H,2-3,6H2,1H3/b13-10-/t8-,9+,11+/m0/s1. The molecule has 2 saturated carbocycles. The van der Waals surface area contributed by atoms with E-state index in [1.165, 1.54) is 19.3 Å². The summed E-state index contributed by atoms with van der Waals surface area (Å²) < 4.78 is 2.15. The Labute approximate surface area is 88.6 Å². The molecule has 0 aliphatic heterocycles. The third kappa shape index (κ3) is 1.14. The molecule has 0 amide bonds. The van der Waals surface area contributed by atoms with Gasteiger partial charge in [0.1, 0.15) is 5.82 Å². The van der Waals surface area contributed by atoms with Crippen LogP contribution in [0.25, 0.3) is 0 Å². The maximum atomic E-state index is 9.10. The van der Waals surface area contributed by atoms with Gasteiger partial charge in [0.15, 0.2) is 0 Å². The van der Waals surface area contributed by atoms with Crippen LogP contribution in [0.1, 0.15) is 31.1 Å². The Morgan fingerprint density at radius 2 is 2.40 bits per heavy atom. The van der Waals surface area contributed by atoms with Crippen LogP contribution >= 0.6 is 0 Å². The summed E-state index contributed by atoms with van der Waals surface area (Å²) in [5.74, 6) is 2.16. The van der Waals surface area contributed by atoms with E-state index in [1.54, 1.807) is 0 Å². The molecule has 0 aromatic carbocycles. The van der Waals surface area contributed by atoms with E-state index in [-0.39, 0.29) is 6.04 Å². The molecule has 1 aromatic heterocycles. The van der Waals surface area contributed by atoms with Crippen LogP contribution in [0.4, 0.5) is 0 Å². The van der Waals surface area contributed by atoms with Crippen molar-refractivity contribution in [2.75, 3.05) is 0 Å². The number of hydrogen-bond acceptors (Lipinski definition) is 3. The number of fused-ring (bicyclic) bond motifs is 2. The minimum absolute atomic E-state index is 0.260. The largest absolute Gasteiger partial charge is 0.411 e. The zero-order valence-corrected chi connectivity index (χ0v) is 8.80. The highest BCUT2D eigenvalue weighted by Crippen LogP contribution is 2.49. The van der Waals surface area contributed by atoms with Crippen molar-refractivity contribution in [2.24, 2.45) is 17.0 Å². The van der Waals surface area contributed by atoms with Crippen molar-refractivity contribution in [3.05, 3.63) is 18.2 Å². The van der Waals surface area contributed by atoms with Crippen molar-refractivity contribution in [2.45, 2.75) is 32.2 Å². The predicted molar refractivity (Wildman–Crippen MR) is 56.1 cm³/mol. The SMILES string of the molecule is Cc1nccn1[C@H]1/C(=N\O)[C@H]2CC[C@@H]1C2. The fourth-order valence-electron chi connectivity index (χ4n) is 3.25. The van der Waals surface area contributed by atoms with Crippen LogP contribution in [0.5, 0.6) is 0 Å². The number of rotatable bonds is 1. The van der Waals surface area contributed by atoms with Crippen molar-refractivity contribution < 1.29 is 5.21 Å². The summed E-state index contributed by atoms with van der Waals surface area (Å²) in [4.78, 5) is 4.24. The molecule has 0 unspecified atom stereocenters. The van der Waals surface area contributed by atoms with Gasteiger partial charge in [0, 0.05) is 18.3 Å². The lowest BCUT2D eigenvalue weighted by Crippen LogP contribution is -2.26. The van der Waals surface area contributed by atoms with Gasteiger partial charge in [-0.3, -0.25) is 0 Å². The van der Waals surface area contributed by atoms with Crippen LogP contribution in [0.3, 0.4) is 0 Å². The van der Waals surface area contributed by atoms with E-state index < -0.39 is 0 Å². The number of oxime groups is 1. The van der Waals surface area contributed by atoms with Crippen molar-refractivity contribution in [3.63, 3.8) is 0 Å². The molecule has 3 atom stereocenters. The Kier molecular flexibility index (Phi) is 1.84. The quantitative estimate of drug-likeness (QED) is 0.563.